The molecule has 0 saturated heterocycles. The smallest absolute Gasteiger partial charge is 0.224 e. The number of halogens is 1. The number of hydrogen-bond acceptors (Lipinski definition) is 4. The summed E-state index contributed by atoms with van der Waals surface area (Å²) in [7, 11) is 0. The van der Waals surface area contributed by atoms with Gasteiger partial charge in [0.15, 0.2) is 0 Å². The molecule has 0 spiro atoms. The van der Waals surface area contributed by atoms with Crippen LogP contribution in [0.5, 0.6) is 5.75 Å². The van der Waals surface area contributed by atoms with Crippen molar-refractivity contribution in [2.24, 2.45) is 5.10 Å². The quantitative estimate of drug-likeness (QED) is 0.316. The summed E-state index contributed by atoms with van der Waals surface area (Å²) >= 11 is 6.05. The Bertz CT molecular complexity index is 1150. The summed E-state index contributed by atoms with van der Waals surface area (Å²) in [6.45, 7) is 3.32. The number of hydrazone groups is 1. The van der Waals surface area contributed by atoms with Gasteiger partial charge in [0, 0.05) is 17.1 Å². The molecule has 0 unspecified atom stereocenters. The third-order valence-corrected chi connectivity index (χ3v) is 4.78. The van der Waals surface area contributed by atoms with Gasteiger partial charge < -0.3 is 9.30 Å². The zero-order valence-electron chi connectivity index (χ0n) is 16.0. The lowest BCUT2D eigenvalue weighted by Crippen LogP contribution is -2.02. The molecule has 4 rings (SSSR count). The molecule has 0 radical (unpaired) electrons. The summed E-state index contributed by atoms with van der Waals surface area (Å²) in [6.07, 6.45) is 1.74. The van der Waals surface area contributed by atoms with E-state index in [1.807, 2.05) is 66.7 Å². The number of nitrogens with one attached hydrogen (secondary N) is 1. The second-order valence-corrected chi connectivity index (χ2v) is 6.93. The monoisotopic (exact) mass is 404 g/mol. The molecule has 0 aliphatic heterocycles. The van der Waals surface area contributed by atoms with Crippen molar-refractivity contribution >= 4 is 34.8 Å². The van der Waals surface area contributed by atoms with Crippen LogP contribution < -0.4 is 10.2 Å². The molecule has 6 heteroatoms. The van der Waals surface area contributed by atoms with Crippen LogP contribution in [0.25, 0.3) is 11.0 Å². The van der Waals surface area contributed by atoms with Crippen LogP contribution in [0, 0.1) is 0 Å². The number of nitrogens with zero attached hydrogens (tertiary/aromatic N) is 3. The number of fused-ring (bicyclic) bond motifs is 1. The molecule has 3 aromatic carbocycles. The normalized spacial score (nSPS) is 11.2. The Morgan fingerprint density at radius 3 is 2.76 bits per heavy atom. The Kier molecular flexibility index (Phi) is 5.77. The fraction of sp³-hybridized carbons (Fsp3) is 0.130. The average Bonchev–Trinajstić information content (AvgIpc) is 3.10. The topological polar surface area (TPSA) is 51.4 Å². The number of rotatable bonds is 7. The van der Waals surface area contributed by atoms with Crippen LogP contribution in [-0.2, 0) is 13.2 Å². The van der Waals surface area contributed by atoms with Gasteiger partial charge in [-0.1, -0.05) is 48.0 Å². The van der Waals surface area contributed by atoms with Gasteiger partial charge in [-0.2, -0.15) is 5.10 Å². The summed E-state index contributed by atoms with van der Waals surface area (Å²) in [5, 5.41) is 5.08. The van der Waals surface area contributed by atoms with Gasteiger partial charge in [-0.25, -0.2) is 10.4 Å². The van der Waals surface area contributed by atoms with E-state index in [-0.39, 0.29) is 0 Å². The molecule has 0 aliphatic rings. The Balaban J connectivity index is 1.49. The number of benzene rings is 3. The van der Waals surface area contributed by atoms with Gasteiger partial charge in [0.2, 0.25) is 5.95 Å². The first kappa shape index (κ1) is 19.0. The van der Waals surface area contributed by atoms with E-state index in [0.717, 1.165) is 34.5 Å². The van der Waals surface area contributed by atoms with Crippen molar-refractivity contribution in [3.63, 3.8) is 0 Å². The fourth-order valence-corrected chi connectivity index (χ4v) is 3.36. The standard InChI is InChI=1S/C23H21ClN4O/c1-2-28-21-12-5-4-11-20(21)26-23(28)27-25-15-18-9-3-6-13-22(18)29-16-17-8-7-10-19(24)14-17/h3-15H,2,16H2,1H3,(H,26,27)/b25-15-. The molecule has 146 valence electrons. The van der Waals surface area contributed by atoms with E-state index in [1.54, 1.807) is 6.21 Å². The summed E-state index contributed by atoms with van der Waals surface area (Å²) in [5.74, 6) is 1.46. The van der Waals surface area contributed by atoms with Crippen LogP contribution >= 0.6 is 11.6 Å². The van der Waals surface area contributed by atoms with Gasteiger partial charge >= 0.3 is 0 Å². The first-order valence-electron chi connectivity index (χ1n) is 9.45. The lowest BCUT2D eigenvalue weighted by atomic mass is 10.2. The second kappa shape index (κ2) is 8.80. The molecule has 0 atom stereocenters. The van der Waals surface area contributed by atoms with E-state index >= 15 is 0 Å². The maximum absolute atomic E-state index is 6.05. The van der Waals surface area contributed by atoms with Crippen LogP contribution in [0.2, 0.25) is 5.02 Å². The predicted molar refractivity (Wildman–Crippen MR) is 119 cm³/mol. The Hall–Kier alpha value is -3.31. The summed E-state index contributed by atoms with van der Waals surface area (Å²) in [6, 6.07) is 23.5. The molecular weight excluding hydrogens is 384 g/mol. The summed E-state index contributed by atoms with van der Waals surface area (Å²) in [4.78, 5) is 4.62. The van der Waals surface area contributed by atoms with E-state index in [1.165, 1.54) is 0 Å². The van der Waals surface area contributed by atoms with E-state index in [9.17, 15) is 0 Å². The van der Waals surface area contributed by atoms with E-state index in [2.05, 4.69) is 33.1 Å². The first-order valence-corrected chi connectivity index (χ1v) is 9.83. The fourth-order valence-electron chi connectivity index (χ4n) is 3.15. The maximum Gasteiger partial charge on any atom is 0.224 e. The van der Waals surface area contributed by atoms with Gasteiger partial charge in [0.05, 0.1) is 17.2 Å². The molecule has 4 aromatic rings. The van der Waals surface area contributed by atoms with Crippen LogP contribution in [0.4, 0.5) is 5.95 Å². The van der Waals surface area contributed by atoms with Gasteiger partial charge in [-0.15, -0.1) is 0 Å². The Morgan fingerprint density at radius 2 is 1.90 bits per heavy atom. The van der Waals surface area contributed by atoms with Crippen LogP contribution in [0.15, 0.2) is 77.9 Å². The first-order chi connectivity index (χ1) is 14.2. The molecule has 0 aliphatic carbocycles. The van der Waals surface area contributed by atoms with Crippen LogP contribution in [0.3, 0.4) is 0 Å². The minimum absolute atomic E-state index is 0.435. The Morgan fingerprint density at radius 1 is 1.07 bits per heavy atom. The van der Waals surface area contributed by atoms with Crippen LogP contribution in [0.1, 0.15) is 18.1 Å². The van der Waals surface area contributed by atoms with Gasteiger partial charge in [-0.05, 0) is 48.9 Å². The summed E-state index contributed by atoms with van der Waals surface area (Å²) in [5.41, 5.74) is 6.97. The molecule has 5 nitrogen and oxygen atoms in total. The SMILES string of the molecule is CCn1c(N/N=C\c2ccccc2OCc2cccc(Cl)c2)nc2ccccc21. The minimum Gasteiger partial charge on any atom is -0.488 e. The number of aromatic nitrogens is 2. The average molecular weight is 405 g/mol. The highest BCUT2D eigenvalue weighted by Crippen LogP contribution is 2.21. The van der Waals surface area contributed by atoms with Gasteiger partial charge in [0.25, 0.3) is 0 Å². The zero-order chi connectivity index (χ0) is 20.1. The minimum atomic E-state index is 0.435. The number of aryl methyl sites for hydroxylation is 1. The third kappa shape index (κ3) is 4.41. The van der Waals surface area contributed by atoms with E-state index in [4.69, 9.17) is 16.3 Å². The molecule has 0 amide bonds. The molecule has 1 heterocycles. The molecule has 0 fully saturated rings. The highest BCUT2D eigenvalue weighted by atomic mass is 35.5. The second-order valence-electron chi connectivity index (χ2n) is 6.49. The lowest BCUT2D eigenvalue weighted by molar-refractivity contribution is 0.306. The van der Waals surface area contributed by atoms with E-state index < -0.39 is 0 Å². The van der Waals surface area contributed by atoms with Gasteiger partial charge in [-0.3, -0.25) is 0 Å². The largest absolute Gasteiger partial charge is 0.488 e. The third-order valence-electron chi connectivity index (χ3n) is 4.54. The number of ether oxygens (including phenoxy) is 1. The Labute approximate surface area is 174 Å². The molecule has 0 bridgehead atoms. The van der Waals surface area contributed by atoms with Crippen molar-refractivity contribution in [3.8, 4) is 5.75 Å². The van der Waals surface area contributed by atoms with Crippen molar-refractivity contribution < 1.29 is 4.74 Å². The molecular formula is C23H21ClN4O. The number of para-hydroxylation sites is 3. The zero-order valence-corrected chi connectivity index (χ0v) is 16.8. The number of hydrogen-bond donors (Lipinski definition) is 1. The van der Waals surface area contributed by atoms with Gasteiger partial charge in [0.1, 0.15) is 12.4 Å². The lowest BCUT2D eigenvalue weighted by Gasteiger charge is -2.09. The molecule has 29 heavy (non-hydrogen) atoms. The van der Waals surface area contributed by atoms with Crippen molar-refractivity contribution in [1.29, 1.82) is 0 Å². The predicted octanol–water partition coefficient (Wildman–Crippen LogP) is 5.73. The molecule has 1 aromatic heterocycles. The van der Waals surface area contributed by atoms with Crippen molar-refractivity contribution in [3.05, 3.63) is 88.9 Å². The van der Waals surface area contributed by atoms with Crippen molar-refractivity contribution in [2.45, 2.75) is 20.1 Å². The van der Waals surface area contributed by atoms with E-state index in [0.29, 0.717) is 17.6 Å². The highest BCUT2D eigenvalue weighted by Gasteiger charge is 2.08. The number of anilines is 1. The van der Waals surface area contributed by atoms with Crippen molar-refractivity contribution in [1.82, 2.24) is 9.55 Å². The molecule has 0 saturated carbocycles. The van der Waals surface area contributed by atoms with Crippen LogP contribution in [-0.4, -0.2) is 15.8 Å². The highest BCUT2D eigenvalue weighted by molar-refractivity contribution is 6.30. The summed E-state index contributed by atoms with van der Waals surface area (Å²) < 4.78 is 8.07. The van der Waals surface area contributed by atoms with Crippen molar-refractivity contribution in [2.75, 3.05) is 5.43 Å². The molecule has 1 N–H and O–H groups in total. The maximum atomic E-state index is 6.05. The number of imidazole rings is 1.